The first-order chi connectivity index (χ1) is 4.22. The monoisotopic (exact) mass is 129 g/mol. The second-order valence-corrected chi connectivity index (χ2v) is 2.93. The lowest BCUT2D eigenvalue weighted by molar-refractivity contribution is 0.0344. The van der Waals surface area contributed by atoms with Crippen molar-refractivity contribution in [1.82, 2.24) is 4.90 Å². The number of hydrogen-bond acceptors (Lipinski definition) is 2. The molecule has 0 radical (unpaired) electrons. The summed E-state index contributed by atoms with van der Waals surface area (Å²) in [6, 6.07) is 0.360. The largest absolute Gasteiger partial charge is 0.392 e. The molecule has 2 nitrogen and oxygen atoms in total. The highest BCUT2D eigenvalue weighted by molar-refractivity contribution is 4.77. The van der Waals surface area contributed by atoms with E-state index in [0.29, 0.717) is 6.04 Å². The highest BCUT2D eigenvalue weighted by atomic mass is 16.3. The van der Waals surface area contributed by atoms with Crippen LogP contribution in [0.5, 0.6) is 0 Å². The number of rotatable bonds is 0. The highest BCUT2D eigenvalue weighted by Crippen LogP contribution is 2.14. The molecule has 1 aliphatic heterocycles. The van der Waals surface area contributed by atoms with Crippen LogP contribution in [0, 0.1) is 0 Å². The number of aliphatic hydroxyl groups excluding tert-OH is 1. The summed E-state index contributed by atoms with van der Waals surface area (Å²) in [7, 11) is 2.06. The zero-order valence-electron chi connectivity index (χ0n) is 6.17. The third kappa shape index (κ3) is 1.43. The molecule has 0 unspecified atom stereocenters. The van der Waals surface area contributed by atoms with Gasteiger partial charge in [-0.1, -0.05) is 0 Å². The van der Waals surface area contributed by atoms with Gasteiger partial charge in [0.25, 0.3) is 0 Å². The van der Waals surface area contributed by atoms with Crippen LogP contribution in [-0.4, -0.2) is 35.7 Å². The van der Waals surface area contributed by atoms with Crippen molar-refractivity contribution >= 4 is 0 Å². The van der Waals surface area contributed by atoms with Crippen LogP contribution in [0.4, 0.5) is 0 Å². The topological polar surface area (TPSA) is 23.5 Å². The Kier molecular flexibility index (Phi) is 2.09. The molecule has 9 heavy (non-hydrogen) atoms. The molecule has 0 bridgehead atoms. The summed E-state index contributed by atoms with van der Waals surface area (Å²) in [5.74, 6) is 0. The normalized spacial score (nSPS) is 39.0. The molecule has 0 aromatic heterocycles. The molecule has 2 heteroatoms. The van der Waals surface area contributed by atoms with Crippen molar-refractivity contribution in [3.8, 4) is 0 Å². The van der Waals surface area contributed by atoms with Gasteiger partial charge in [0.2, 0.25) is 0 Å². The van der Waals surface area contributed by atoms with Gasteiger partial charge in [-0.25, -0.2) is 0 Å². The fourth-order valence-electron chi connectivity index (χ4n) is 1.29. The van der Waals surface area contributed by atoms with Crippen molar-refractivity contribution < 1.29 is 5.11 Å². The van der Waals surface area contributed by atoms with E-state index < -0.39 is 0 Å². The summed E-state index contributed by atoms with van der Waals surface area (Å²) in [5.41, 5.74) is 0. The van der Waals surface area contributed by atoms with Gasteiger partial charge in [-0.15, -0.1) is 0 Å². The number of likely N-dealkylation sites (N-methyl/N-ethyl adjacent to an activating group) is 1. The van der Waals surface area contributed by atoms with Crippen LogP contribution in [0.2, 0.25) is 0 Å². The van der Waals surface area contributed by atoms with Gasteiger partial charge in [0.15, 0.2) is 0 Å². The van der Waals surface area contributed by atoms with E-state index in [-0.39, 0.29) is 6.10 Å². The standard InChI is InChI=1S/C7H15NO/c1-6-7(9)4-3-5-8(6)2/h6-7,9H,3-5H2,1-2H3/t6-,7+/m1/s1. The lowest BCUT2D eigenvalue weighted by Crippen LogP contribution is -2.43. The quantitative estimate of drug-likeness (QED) is 0.513. The Morgan fingerprint density at radius 3 is 2.67 bits per heavy atom. The Hall–Kier alpha value is -0.0800. The molecule has 0 aromatic rings. The molecular weight excluding hydrogens is 114 g/mol. The molecule has 1 heterocycles. The van der Waals surface area contributed by atoms with E-state index in [4.69, 9.17) is 0 Å². The van der Waals surface area contributed by atoms with Crippen LogP contribution in [0.15, 0.2) is 0 Å². The van der Waals surface area contributed by atoms with Crippen molar-refractivity contribution in [2.45, 2.75) is 31.9 Å². The summed E-state index contributed by atoms with van der Waals surface area (Å²) in [6.07, 6.45) is 2.02. The first-order valence-electron chi connectivity index (χ1n) is 3.60. The van der Waals surface area contributed by atoms with Crippen molar-refractivity contribution in [2.24, 2.45) is 0 Å². The van der Waals surface area contributed by atoms with E-state index in [0.717, 1.165) is 19.4 Å². The van der Waals surface area contributed by atoms with Crippen LogP contribution in [-0.2, 0) is 0 Å². The average Bonchev–Trinajstić information content (AvgIpc) is 1.83. The molecule has 1 N–H and O–H groups in total. The second-order valence-electron chi connectivity index (χ2n) is 2.93. The summed E-state index contributed by atoms with van der Waals surface area (Å²) < 4.78 is 0. The summed E-state index contributed by atoms with van der Waals surface area (Å²) >= 11 is 0. The van der Waals surface area contributed by atoms with E-state index in [1.165, 1.54) is 0 Å². The van der Waals surface area contributed by atoms with Crippen LogP contribution in [0.3, 0.4) is 0 Å². The van der Waals surface area contributed by atoms with Gasteiger partial charge >= 0.3 is 0 Å². The van der Waals surface area contributed by atoms with Gasteiger partial charge in [-0.2, -0.15) is 0 Å². The minimum absolute atomic E-state index is 0.0938. The fraction of sp³-hybridized carbons (Fsp3) is 1.00. The molecule has 1 fully saturated rings. The molecule has 1 rings (SSSR count). The number of nitrogens with zero attached hydrogens (tertiary/aromatic N) is 1. The Balaban J connectivity index is 2.41. The predicted molar refractivity (Wildman–Crippen MR) is 37.3 cm³/mol. The first-order valence-corrected chi connectivity index (χ1v) is 3.60. The van der Waals surface area contributed by atoms with Gasteiger partial charge in [0.1, 0.15) is 0 Å². The molecule has 2 atom stereocenters. The van der Waals surface area contributed by atoms with Gasteiger partial charge < -0.3 is 10.0 Å². The third-order valence-corrected chi connectivity index (χ3v) is 2.26. The maximum atomic E-state index is 9.31. The molecule has 0 aromatic carbocycles. The SMILES string of the molecule is C[C@@H]1[C@@H](O)CCCN1C. The average molecular weight is 129 g/mol. The first kappa shape index (κ1) is 7.03. The summed E-state index contributed by atoms with van der Waals surface area (Å²) in [5, 5.41) is 9.31. The highest BCUT2D eigenvalue weighted by Gasteiger charge is 2.22. The smallest absolute Gasteiger partial charge is 0.0693 e. The van der Waals surface area contributed by atoms with Crippen LogP contribution in [0.1, 0.15) is 19.8 Å². The van der Waals surface area contributed by atoms with E-state index in [1.807, 2.05) is 0 Å². The lowest BCUT2D eigenvalue weighted by Gasteiger charge is -2.33. The van der Waals surface area contributed by atoms with Crippen molar-refractivity contribution in [3.05, 3.63) is 0 Å². The summed E-state index contributed by atoms with van der Waals surface area (Å²) in [6.45, 7) is 3.21. The number of likely N-dealkylation sites (tertiary alicyclic amines) is 1. The Bertz CT molecular complexity index is 84.9. The minimum Gasteiger partial charge on any atom is -0.392 e. The summed E-state index contributed by atoms with van der Waals surface area (Å²) in [4.78, 5) is 2.20. The molecule has 1 aliphatic rings. The molecule has 54 valence electrons. The van der Waals surface area contributed by atoms with Crippen LogP contribution < -0.4 is 0 Å². The van der Waals surface area contributed by atoms with E-state index in [9.17, 15) is 5.11 Å². The Morgan fingerprint density at radius 1 is 1.56 bits per heavy atom. The zero-order valence-corrected chi connectivity index (χ0v) is 6.17. The van der Waals surface area contributed by atoms with Gasteiger partial charge in [0.05, 0.1) is 6.10 Å². The van der Waals surface area contributed by atoms with Crippen molar-refractivity contribution in [3.63, 3.8) is 0 Å². The van der Waals surface area contributed by atoms with E-state index >= 15 is 0 Å². The maximum Gasteiger partial charge on any atom is 0.0693 e. The number of piperidine rings is 1. The lowest BCUT2D eigenvalue weighted by atomic mass is 10.0. The molecule has 0 aliphatic carbocycles. The predicted octanol–water partition coefficient (Wildman–Crippen LogP) is 0.461. The molecular formula is C7H15NO. The van der Waals surface area contributed by atoms with Crippen LogP contribution >= 0.6 is 0 Å². The second kappa shape index (κ2) is 2.67. The van der Waals surface area contributed by atoms with Crippen molar-refractivity contribution in [2.75, 3.05) is 13.6 Å². The molecule has 0 spiro atoms. The Labute approximate surface area is 56.5 Å². The minimum atomic E-state index is -0.0938. The molecule has 0 amide bonds. The van der Waals surface area contributed by atoms with Gasteiger partial charge in [0, 0.05) is 6.04 Å². The number of aliphatic hydroxyl groups is 1. The van der Waals surface area contributed by atoms with Crippen LogP contribution in [0.25, 0.3) is 0 Å². The fourth-order valence-corrected chi connectivity index (χ4v) is 1.29. The van der Waals surface area contributed by atoms with E-state index in [1.54, 1.807) is 0 Å². The Morgan fingerprint density at radius 2 is 2.22 bits per heavy atom. The molecule has 1 saturated heterocycles. The molecule has 0 saturated carbocycles. The number of hydrogen-bond donors (Lipinski definition) is 1. The third-order valence-electron chi connectivity index (χ3n) is 2.26. The van der Waals surface area contributed by atoms with E-state index in [2.05, 4.69) is 18.9 Å². The van der Waals surface area contributed by atoms with Crippen molar-refractivity contribution in [1.29, 1.82) is 0 Å². The van der Waals surface area contributed by atoms with Gasteiger partial charge in [-0.3, -0.25) is 0 Å². The zero-order chi connectivity index (χ0) is 6.85. The maximum absolute atomic E-state index is 9.31. The van der Waals surface area contributed by atoms with Gasteiger partial charge in [-0.05, 0) is 33.4 Å².